The molecule has 0 spiro atoms. The number of morpholine rings is 1. The molecule has 0 bridgehead atoms. The molecule has 2 aromatic heterocycles. The van der Waals surface area contributed by atoms with Crippen molar-refractivity contribution in [3.05, 3.63) is 47.9 Å². The number of pyridine rings is 1. The molecule has 0 radical (unpaired) electrons. The van der Waals surface area contributed by atoms with Gasteiger partial charge in [0.15, 0.2) is 0 Å². The van der Waals surface area contributed by atoms with Crippen LogP contribution in [0.15, 0.2) is 36.5 Å². The van der Waals surface area contributed by atoms with Crippen LogP contribution in [0.25, 0.3) is 5.82 Å². The molecule has 21 heavy (non-hydrogen) atoms. The average Bonchev–Trinajstić information content (AvgIpc) is 2.97. The Bertz CT molecular complexity index is 573. The summed E-state index contributed by atoms with van der Waals surface area (Å²) in [4.78, 5) is 7.10. The number of hydrogen-bond acceptors (Lipinski definition) is 3. The van der Waals surface area contributed by atoms with Gasteiger partial charge < -0.3 is 9.30 Å². The van der Waals surface area contributed by atoms with Crippen LogP contribution in [0.1, 0.15) is 17.8 Å². The average molecular weight is 285 g/mol. The second-order valence-electron chi connectivity index (χ2n) is 5.56. The predicted molar refractivity (Wildman–Crippen MR) is 83.9 cm³/mol. The third-order valence-corrected chi connectivity index (χ3v) is 3.96. The molecule has 1 aliphatic heterocycles. The number of rotatable bonds is 5. The summed E-state index contributed by atoms with van der Waals surface area (Å²) in [5.74, 6) is 1.02. The molecule has 0 unspecified atom stereocenters. The van der Waals surface area contributed by atoms with Gasteiger partial charge in [-0.2, -0.15) is 0 Å². The standard InChI is InChI=1S/C17H23N3O/c1-15-5-2-8-17(18-15)20-10-4-7-16(20)6-3-9-19-11-13-21-14-12-19/h2,4-5,7-8,10H,3,6,9,11-14H2,1H3. The SMILES string of the molecule is Cc1cccc(-n2cccc2CCCN2CCOCC2)n1. The minimum absolute atomic E-state index is 0.879. The van der Waals surface area contributed by atoms with Gasteiger partial charge in [0.25, 0.3) is 0 Å². The third kappa shape index (κ3) is 3.71. The van der Waals surface area contributed by atoms with Gasteiger partial charge in [0.1, 0.15) is 5.82 Å². The predicted octanol–water partition coefficient (Wildman–Crippen LogP) is 2.45. The Kier molecular flexibility index (Phi) is 4.68. The summed E-state index contributed by atoms with van der Waals surface area (Å²) < 4.78 is 7.59. The molecule has 4 nitrogen and oxygen atoms in total. The topological polar surface area (TPSA) is 30.3 Å². The molecule has 0 saturated carbocycles. The fraction of sp³-hybridized carbons (Fsp3) is 0.471. The van der Waals surface area contributed by atoms with Gasteiger partial charge in [-0.15, -0.1) is 0 Å². The Morgan fingerprint density at radius 2 is 2.00 bits per heavy atom. The van der Waals surface area contributed by atoms with Crippen molar-refractivity contribution in [3.8, 4) is 5.82 Å². The minimum Gasteiger partial charge on any atom is -0.379 e. The lowest BCUT2D eigenvalue weighted by molar-refractivity contribution is 0.0374. The molecule has 1 aliphatic rings. The van der Waals surface area contributed by atoms with Gasteiger partial charge in [-0.25, -0.2) is 4.98 Å². The van der Waals surface area contributed by atoms with Gasteiger partial charge in [0, 0.05) is 30.7 Å². The van der Waals surface area contributed by atoms with E-state index in [0.717, 1.165) is 50.8 Å². The summed E-state index contributed by atoms with van der Waals surface area (Å²) in [6.07, 6.45) is 4.36. The first kappa shape index (κ1) is 14.3. The Hall–Kier alpha value is -1.65. The lowest BCUT2D eigenvalue weighted by Gasteiger charge is -2.26. The Morgan fingerprint density at radius 3 is 2.81 bits per heavy atom. The molecule has 4 heteroatoms. The van der Waals surface area contributed by atoms with E-state index in [1.165, 1.54) is 12.1 Å². The molecule has 0 aliphatic carbocycles. The quantitative estimate of drug-likeness (QED) is 0.845. The first-order chi connectivity index (χ1) is 10.3. The zero-order valence-corrected chi connectivity index (χ0v) is 12.7. The number of aryl methyl sites for hydroxylation is 2. The van der Waals surface area contributed by atoms with Gasteiger partial charge >= 0.3 is 0 Å². The molecule has 112 valence electrons. The number of aromatic nitrogens is 2. The molecule has 0 amide bonds. The van der Waals surface area contributed by atoms with Gasteiger partial charge in [0.05, 0.1) is 13.2 Å². The van der Waals surface area contributed by atoms with Crippen LogP contribution in [-0.2, 0) is 11.2 Å². The van der Waals surface area contributed by atoms with Gasteiger partial charge in [0.2, 0.25) is 0 Å². The van der Waals surface area contributed by atoms with Crippen molar-refractivity contribution in [3.63, 3.8) is 0 Å². The van der Waals surface area contributed by atoms with E-state index < -0.39 is 0 Å². The minimum atomic E-state index is 0.879. The highest BCUT2D eigenvalue weighted by molar-refractivity contribution is 5.29. The largest absolute Gasteiger partial charge is 0.379 e. The van der Waals surface area contributed by atoms with Crippen molar-refractivity contribution in [2.45, 2.75) is 19.8 Å². The normalized spacial score (nSPS) is 16.2. The monoisotopic (exact) mass is 285 g/mol. The first-order valence-electron chi connectivity index (χ1n) is 7.73. The van der Waals surface area contributed by atoms with Gasteiger partial charge in [-0.1, -0.05) is 6.07 Å². The third-order valence-electron chi connectivity index (χ3n) is 3.96. The fourth-order valence-corrected chi connectivity index (χ4v) is 2.81. The van der Waals surface area contributed by atoms with Crippen molar-refractivity contribution in [1.29, 1.82) is 0 Å². The molecule has 3 rings (SSSR count). The number of hydrogen-bond donors (Lipinski definition) is 0. The smallest absolute Gasteiger partial charge is 0.137 e. The van der Waals surface area contributed by atoms with E-state index in [2.05, 4.69) is 44.9 Å². The van der Waals surface area contributed by atoms with Crippen LogP contribution in [0.4, 0.5) is 0 Å². The van der Waals surface area contributed by atoms with Gasteiger partial charge in [-0.3, -0.25) is 4.90 Å². The highest BCUT2D eigenvalue weighted by atomic mass is 16.5. The molecule has 2 aromatic rings. The van der Waals surface area contributed by atoms with E-state index in [1.54, 1.807) is 0 Å². The maximum Gasteiger partial charge on any atom is 0.137 e. The lowest BCUT2D eigenvalue weighted by atomic mass is 10.2. The molecular formula is C17H23N3O. The van der Waals surface area contributed by atoms with E-state index in [0.29, 0.717) is 0 Å². The highest BCUT2D eigenvalue weighted by Gasteiger charge is 2.10. The van der Waals surface area contributed by atoms with E-state index in [9.17, 15) is 0 Å². The van der Waals surface area contributed by atoms with Crippen LogP contribution >= 0.6 is 0 Å². The van der Waals surface area contributed by atoms with E-state index in [1.807, 2.05) is 13.0 Å². The van der Waals surface area contributed by atoms with E-state index >= 15 is 0 Å². The van der Waals surface area contributed by atoms with E-state index in [4.69, 9.17) is 4.74 Å². The van der Waals surface area contributed by atoms with Gasteiger partial charge in [-0.05, 0) is 50.6 Å². The zero-order chi connectivity index (χ0) is 14.5. The van der Waals surface area contributed by atoms with Crippen LogP contribution in [0.2, 0.25) is 0 Å². The molecule has 3 heterocycles. The van der Waals surface area contributed by atoms with Crippen LogP contribution < -0.4 is 0 Å². The Labute approximate surface area is 126 Å². The fourth-order valence-electron chi connectivity index (χ4n) is 2.81. The summed E-state index contributed by atoms with van der Waals surface area (Å²) in [6, 6.07) is 10.5. The second kappa shape index (κ2) is 6.87. The molecule has 1 fully saturated rings. The maximum atomic E-state index is 5.39. The molecule has 1 saturated heterocycles. The van der Waals surface area contributed by atoms with Crippen LogP contribution in [0, 0.1) is 6.92 Å². The summed E-state index contributed by atoms with van der Waals surface area (Å²) in [5.41, 5.74) is 2.39. The van der Waals surface area contributed by atoms with Crippen molar-refractivity contribution in [1.82, 2.24) is 14.5 Å². The molecule has 0 atom stereocenters. The maximum absolute atomic E-state index is 5.39. The molecular weight excluding hydrogens is 262 g/mol. The Morgan fingerprint density at radius 1 is 1.14 bits per heavy atom. The zero-order valence-electron chi connectivity index (χ0n) is 12.7. The van der Waals surface area contributed by atoms with E-state index in [-0.39, 0.29) is 0 Å². The van der Waals surface area contributed by atoms with Crippen LogP contribution in [-0.4, -0.2) is 47.3 Å². The summed E-state index contributed by atoms with van der Waals surface area (Å²) in [5, 5.41) is 0. The van der Waals surface area contributed by atoms with Crippen molar-refractivity contribution in [2.24, 2.45) is 0 Å². The van der Waals surface area contributed by atoms with Crippen molar-refractivity contribution in [2.75, 3.05) is 32.8 Å². The second-order valence-corrected chi connectivity index (χ2v) is 5.56. The molecule has 0 aromatic carbocycles. The molecule has 0 N–H and O–H groups in total. The van der Waals surface area contributed by atoms with Crippen LogP contribution in [0.5, 0.6) is 0 Å². The number of ether oxygens (including phenoxy) is 1. The Balaban J connectivity index is 1.60. The lowest BCUT2D eigenvalue weighted by Crippen LogP contribution is -2.37. The number of nitrogens with zero attached hydrogens (tertiary/aromatic N) is 3. The van der Waals surface area contributed by atoms with Crippen molar-refractivity contribution >= 4 is 0 Å². The first-order valence-corrected chi connectivity index (χ1v) is 7.73. The van der Waals surface area contributed by atoms with Crippen LogP contribution in [0.3, 0.4) is 0 Å². The summed E-state index contributed by atoms with van der Waals surface area (Å²) >= 11 is 0. The summed E-state index contributed by atoms with van der Waals surface area (Å²) in [7, 11) is 0. The van der Waals surface area contributed by atoms with Crippen molar-refractivity contribution < 1.29 is 4.74 Å². The summed E-state index contributed by atoms with van der Waals surface area (Å²) in [6.45, 7) is 7.08. The highest BCUT2D eigenvalue weighted by Crippen LogP contribution is 2.13.